The van der Waals surface area contributed by atoms with Gasteiger partial charge in [-0.1, -0.05) is 0 Å². The lowest BCUT2D eigenvalue weighted by molar-refractivity contribution is -0.132. The molecule has 1 heterocycles. The van der Waals surface area contributed by atoms with Gasteiger partial charge < -0.3 is 15.3 Å². The van der Waals surface area contributed by atoms with Gasteiger partial charge in [0.05, 0.1) is 0 Å². The van der Waals surface area contributed by atoms with Crippen LogP contribution in [0.3, 0.4) is 0 Å². The number of piperazine rings is 1. The van der Waals surface area contributed by atoms with E-state index >= 15 is 0 Å². The van der Waals surface area contributed by atoms with E-state index in [4.69, 9.17) is 5.11 Å². The van der Waals surface area contributed by atoms with E-state index in [0.29, 0.717) is 6.42 Å². The molecule has 0 aromatic heterocycles. The van der Waals surface area contributed by atoms with Gasteiger partial charge in [0.1, 0.15) is 0 Å². The van der Waals surface area contributed by atoms with Gasteiger partial charge >= 0.3 is 0 Å². The van der Waals surface area contributed by atoms with Crippen molar-refractivity contribution in [3.05, 3.63) is 0 Å². The number of nitrogens with one attached hydrogen (secondary N) is 1. The highest BCUT2D eigenvalue weighted by molar-refractivity contribution is 5.73. The molecule has 1 fully saturated rings. The predicted molar refractivity (Wildman–Crippen MR) is 45.7 cm³/mol. The van der Waals surface area contributed by atoms with Gasteiger partial charge in [0.25, 0.3) is 0 Å². The highest BCUT2D eigenvalue weighted by Gasteiger charge is 2.22. The van der Waals surface area contributed by atoms with Crippen LogP contribution in [0.4, 0.5) is 0 Å². The Morgan fingerprint density at radius 1 is 1.75 bits per heavy atom. The third kappa shape index (κ3) is 2.19. The molecule has 12 heavy (non-hydrogen) atoms. The van der Waals surface area contributed by atoms with E-state index in [2.05, 4.69) is 5.32 Å². The molecule has 0 radical (unpaired) electrons. The number of carbonyl (C=O) groups is 1. The Morgan fingerprint density at radius 2 is 2.50 bits per heavy atom. The summed E-state index contributed by atoms with van der Waals surface area (Å²) in [5, 5.41) is 12.0. The van der Waals surface area contributed by atoms with Crippen molar-refractivity contribution in [2.45, 2.75) is 19.4 Å². The van der Waals surface area contributed by atoms with Crippen LogP contribution < -0.4 is 5.32 Å². The topological polar surface area (TPSA) is 52.6 Å². The Labute approximate surface area is 72.6 Å². The van der Waals surface area contributed by atoms with Crippen molar-refractivity contribution in [1.82, 2.24) is 10.2 Å². The Hall–Kier alpha value is -0.610. The molecular weight excluding hydrogens is 156 g/mol. The highest BCUT2D eigenvalue weighted by atomic mass is 16.3. The molecule has 0 aromatic rings. The number of aliphatic hydroxyl groups is 1. The Bertz CT molecular complexity index is 159. The molecule has 2 N–H and O–H groups in total. The summed E-state index contributed by atoms with van der Waals surface area (Å²) >= 11 is 0. The first kappa shape index (κ1) is 9.48. The molecule has 1 aliphatic rings. The molecule has 4 nitrogen and oxygen atoms in total. The lowest BCUT2D eigenvalue weighted by Crippen LogP contribution is -2.53. The SMILES string of the molecule is CC(=O)N1CCNCC1CCO. The molecule has 1 rings (SSSR count). The van der Waals surface area contributed by atoms with Gasteiger partial charge in [0, 0.05) is 39.2 Å². The summed E-state index contributed by atoms with van der Waals surface area (Å²) in [4.78, 5) is 12.9. The summed E-state index contributed by atoms with van der Waals surface area (Å²) in [7, 11) is 0. The van der Waals surface area contributed by atoms with Gasteiger partial charge in [-0.2, -0.15) is 0 Å². The first-order chi connectivity index (χ1) is 5.75. The number of rotatable bonds is 2. The molecule has 1 aliphatic heterocycles. The van der Waals surface area contributed by atoms with Crippen LogP contribution in [0.2, 0.25) is 0 Å². The molecule has 0 saturated carbocycles. The molecule has 1 amide bonds. The van der Waals surface area contributed by atoms with Crippen molar-refractivity contribution in [1.29, 1.82) is 0 Å². The molecular formula is C8H16N2O2. The molecule has 0 aromatic carbocycles. The van der Waals surface area contributed by atoms with E-state index in [1.807, 2.05) is 4.90 Å². The minimum absolute atomic E-state index is 0.106. The fourth-order valence-corrected chi connectivity index (χ4v) is 1.58. The van der Waals surface area contributed by atoms with Crippen molar-refractivity contribution in [3.63, 3.8) is 0 Å². The van der Waals surface area contributed by atoms with Crippen molar-refractivity contribution in [2.24, 2.45) is 0 Å². The van der Waals surface area contributed by atoms with Crippen molar-refractivity contribution in [3.8, 4) is 0 Å². The number of hydrogen-bond donors (Lipinski definition) is 2. The van der Waals surface area contributed by atoms with Gasteiger partial charge in [-0.25, -0.2) is 0 Å². The number of amides is 1. The first-order valence-electron chi connectivity index (χ1n) is 4.34. The monoisotopic (exact) mass is 172 g/mol. The number of carbonyl (C=O) groups excluding carboxylic acids is 1. The maximum Gasteiger partial charge on any atom is 0.219 e. The Kier molecular flexibility index (Phi) is 3.49. The van der Waals surface area contributed by atoms with Crippen LogP contribution in [-0.2, 0) is 4.79 Å². The largest absolute Gasteiger partial charge is 0.396 e. The predicted octanol–water partition coefficient (Wildman–Crippen LogP) is -0.811. The minimum Gasteiger partial charge on any atom is -0.396 e. The van der Waals surface area contributed by atoms with Gasteiger partial charge in [-0.15, -0.1) is 0 Å². The van der Waals surface area contributed by atoms with Gasteiger partial charge in [0.15, 0.2) is 0 Å². The fourth-order valence-electron chi connectivity index (χ4n) is 1.58. The lowest BCUT2D eigenvalue weighted by Gasteiger charge is -2.35. The molecule has 0 bridgehead atoms. The van der Waals surface area contributed by atoms with E-state index in [9.17, 15) is 4.79 Å². The minimum atomic E-state index is 0.106. The highest BCUT2D eigenvalue weighted by Crippen LogP contribution is 2.06. The molecule has 0 aliphatic carbocycles. The molecule has 1 atom stereocenters. The third-order valence-corrected chi connectivity index (χ3v) is 2.22. The number of hydrogen-bond acceptors (Lipinski definition) is 3. The standard InChI is InChI=1S/C8H16N2O2/c1-7(12)10-4-3-9-6-8(10)2-5-11/h8-9,11H,2-6H2,1H3. The quantitative estimate of drug-likeness (QED) is 0.573. The molecule has 0 spiro atoms. The molecule has 1 unspecified atom stereocenters. The van der Waals surface area contributed by atoms with Crippen LogP contribution in [0.15, 0.2) is 0 Å². The third-order valence-electron chi connectivity index (χ3n) is 2.22. The van der Waals surface area contributed by atoms with E-state index in [1.54, 1.807) is 6.92 Å². The summed E-state index contributed by atoms with van der Waals surface area (Å²) in [6, 6.07) is 0.182. The average molecular weight is 172 g/mol. The second kappa shape index (κ2) is 4.42. The van der Waals surface area contributed by atoms with Gasteiger partial charge in [-0.3, -0.25) is 4.79 Å². The van der Waals surface area contributed by atoms with Crippen molar-refractivity contribution in [2.75, 3.05) is 26.2 Å². The van der Waals surface area contributed by atoms with Crippen LogP contribution in [0, 0.1) is 0 Å². The maximum atomic E-state index is 11.1. The fraction of sp³-hybridized carbons (Fsp3) is 0.875. The Morgan fingerprint density at radius 3 is 3.08 bits per heavy atom. The van der Waals surface area contributed by atoms with Crippen LogP contribution in [0.5, 0.6) is 0 Å². The van der Waals surface area contributed by atoms with Crippen LogP contribution in [0.1, 0.15) is 13.3 Å². The zero-order valence-electron chi connectivity index (χ0n) is 7.42. The van der Waals surface area contributed by atoms with Crippen molar-refractivity contribution >= 4 is 5.91 Å². The number of nitrogens with zero attached hydrogens (tertiary/aromatic N) is 1. The summed E-state index contributed by atoms with van der Waals surface area (Å²) in [6.07, 6.45) is 0.673. The normalized spacial score (nSPS) is 24.2. The van der Waals surface area contributed by atoms with E-state index in [0.717, 1.165) is 19.6 Å². The van der Waals surface area contributed by atoms with Crippen LogP contribution in [0.25, 0.3) is 0 Å². The molecule has 4 heteroatoms. The molecule has 70 valence electrons. The van der Waals surface area contributed by atoms with E-state index in [-0.39, 0.29) is 18.6 Å². The van der Waals surface area contributed by atoms with Crippen LogP contribution in [-0.4, -0.2) is 48.2 Å². The van der Waals surface area contributed by atoms with Gasteiger partial charge in [0.2, 0.25) is 5.91 Å². The summed E-state index contributed by atoms with van der Waals surface area (Å²) < 4.78 is 0. The average Bonchev–Trinajstić information content (AvgIpc) is 2.05. The summed E-state index contributed by atoms with van der Waals surface area (Å²) in [6.45, 7) is 4.16. The smallest absolute Gasteiger partial charge is 0.219 e. The van der Waals surface area contributed by atoms with E-state index in [1.165, 1.54) is 0 Å². The second-order valence-corrected chi connectivity index (χ2v) is 3.08. The lowest BCUT2D eigenvalue weighted by atomic mass is 10.1. The maximum absolute atomic E-state index is 11.1. The second-order valence-electron chi connectivity index (χ2n) is 3.08. The zero-order valence-corrected chi connectivity index (χ0v) is 7.42. The van der Waals surface area contributed by atoms with Crippen LogP contribution >= 0.6 is 0 Å². The summed E-state index contributed by atoms with van der Waals surface area (Å²) in [5.41, 5.74) is 0. The zero-order chi connectivity index (χ0) is 8.97. The number of aliphatic hydroxyl groups excluding tert-OH is 1. The summed E-state index contributed by atoms with van der Waals surface area (Å²) in [5.74, 6) is 0.106. The van der Waals surface area contributed by atoms with Gasteiger partial charge in [-0.05, 0) is 6.42 Å². The van der Waals surface area contributed by atoms with Crippen molar-refractivity contribution < 1.29 is 9.90 Å². The Balaban J connectivity index is 2.48. The van der Waals surface area contributed by atoms with E-state index < -0.39 is 0 Å². The molecule has 1 saturated heterocycles. The first-order valence-corrected chi connectivity index (χ1v) is 4.34.